The van der Waals surface area contributed by atoms with E-state index >= 15 is 0 Å². The van der Waals surface area contributed by atoms with Crippen LogP contribution in [0.2, 0.25) is 0 Å². The molecule has 0 amide bonds. The van der Waals surface area contributed by atoms with Crippen LogP contribution in [0.25, 0.3) is 0 Å². The fourth-order valence-electron chi connectivity index (χ4n) is 2.95. The molecule has 100 valence electrons. The van der Waals surface area contributed by atoms with Gasteiger partial charge in [-0.3, -0.25) is 0 Å². The molecule has 1 aliphatic rings. The molecule has 18 heavy (non-hydrogen) atoms. The van der Waals surface area contributed by atoms with Crippen LogP contribution in [-0.2, 0) is 0 Å². The van der Waals surface area contributed by atoms with E-state index in [4.69, 9.17) is 0 Å². The topological polar surface area (TPSA) is 15.3 Å². The van der Waals surface area contributed by atoms with Crippen LogP contribution in [0.4, 0.5) is 5.69 Å². The lowest BCUT2D eigenvalue weighted by atomic mass is 10.0. The summed E-state index contributed by atoms with van der Waals surface area (Å²) in [4.78, 5) is 2.57. The highest BCUT2D eigenvalue weighted by Gasteiger charge is 2.24. The first-order chi connectivity index (χ1) is 8.60. The van der Waals surface area contributed by atoms with Gasteiger partial charge in [0, 0.05) is 30.9 Å². The average Bonchev–Trinajstić information content (AvgIpc) is 2.30. The summed E-state index contributed by atoms with van der Waals surface area (Å²) in [6.45, 7) is 11.2. The molecule has 2 heteroatoms. The van der Waals surface area contributed by atoms with Crippen LogP contribution in [-0.4, -0.2) is 25.2 Å². The van der Waals surface area contributed by atoms with Crippen molar-refractivity contribution in [2.45, 2.75) is 52.6 Å². The quantitative estimate of drug-likeness (QED) is 0.880. The molecule has 2 unspecified atom stereocenters. The Bertz CT molecular complexity index is 380. The number of aryl methyl sites for hydroxylation is 2. The van der Waals surface area contributed by atoms with E-state index in [-0.39, 0.29) is 0 Å². The van der Waals surface area contributed by atoms with E-state index < -0.39 is 0 Å². The van der Waals surface area contributed by atoms with E-state index in [0.29, 0.717) is 12.1 Å². The van der Waals surface area contributed by atoms with Gasteiger partial charge in [-0.15, -0.1) is 0 Å². The van der Waals surface area contributed by atoms with Gasteiger partial charge in [0.05, 0.1) is 0 Å². The lowest BCUT2D eigenvalue weighted by Gasteiger charge is -2.40. The maximum absolute atomic E-state index is 3.66. The maximum atomic E-state index is 3.66. The Hall–Kier alpha value is -1.02. The second-order valence-corrected chi connectivity index (χ2v) is 5.74. The maximum Gasteiger partial charge on any atom is 0.0387 e. The van der Waals surface area contributed by atoms with Crippen LogP contribution in [0, 0.1) is 13.8 Å². The second-order valence-electron chi connectivity index (χ2n) is 5.74. The minimum absolute atomic E-state index is 0.583. The highest BCUT2D eigenvalue weighted by atomic mass is 15.2. The van der Waals surface area contributed by atoms with Crippen molar-refractivity contribution in [1.29, 1.82) is 0 Å². The number of nitrogens with zero attached hydrogens (tertiary/aromatic N) is 1. The number of nitrogens with one attached hydrogen (secondary N) is 1. The summed E-state index contributed by atoms with van der Waals surface area (Å²) in [5.74, 6) is 0. The van der Waals surface area contributed by atoms with E-state index in [1.165, 1.54) is 29.7 Å². The Kier molecular flexibility index (Phi) is 4.28. The lowest BCUT2D eigenvalue weighted by Crippen LogP contribution is -2.55. The Morgan fingerprint density at radius 2 is 1.89 bits per heavy atom. The Morgan fingerprint density at radius 1 is 1.22 bits per heavy atom. The molecular formula is C16H26N2. The first-order valence-corrected chi connectivity index (χ1v) is 7.18. The molecule has 0 radical (unpaired) electrons. The van der Waals surface area contributed by atoms with Gasteiger partial charge in [0.1, 0.15) is 0 Å². The smallest absolute Gasteiger partial charge is 0.0387 e. The zero-order valence-electron chi connectivity index (χ0n) is 12.2. The van der Waals surface area contributed by atoms with E-state index in [0.717, 1.165) is 13.1 Å². The number of hydrogen-bond donors (Lipinski definition) is 1. The van der Waals surface area contributed by atoms with Gasteiger partial charge in [0.25, 0.3) is 0 Å². The molecule has 0 spiro atoms. The summed E-state index contributed by atoms with van der Waals surface area (Å²) in [7, 11) is 0. The zero-order valence-corrected chi connectivity index (χ0v) is 12.2. The molecule has 2 rings (SSSR count). The minimum Gasteiger partial charge on any atom is -0.366 e. The van der Waals surface area contributed by atoms with Gasteiger partial charge >= 0.3 is 0 Å². The molecule has 1 aromatic carbocycles. The number of hydrogen-bond acceptors (Lipinski definition) is 2. The normalized spacial score (nSPS) is 24.3. The van der Waals surface area contributed by atoms with Crippen LogP contribution in [0.15, 0.2) is 18.2 Å². The molecule has 1 aliphatic heterocycles. The summed E-state index contributed by atoms with van der Waals surface area (Å²) < 4.78 is 0. The van der Waals surface area contributed by atoms with E-state index in [1.54, 1.807) is 0 Å². The molecule has 1 aromatic rings. The second kappa shape index (κ2) is 5.75. The van der Waals surface area contributed by atoms with Crippen LogP contribution in [0.5, 0.6) is 0 Å². The van der Waals surface area contributed by atoms with E-state index in [1.807, 2.05) is 0 Å². The number of piperazine rings is 1. The summed E-state index contributed by atoms with van der Waals surface area (Å²) >= 11 is 0. The molecule has 0 aliphatic carbocycles. The first kappa shape index (κ1) is 13.4. The van der Waals surface area contributed by atoms with Crippen molar-refractivity contribution in [3.05, 3.63) is 29.3 Å². The zero-order chi connectivity index (χ0) is 13.1. The van der Waals surface area contributed by atoms with Crippen molar-refractivity contribution in [3.8, 4) is 0 Å². The van der Waals surface area contributed by atoms with Crippen LogP contribution < -0.4 is 10.2 Å². The number of rotatable bonds is 3. The highest BCUT2D eigenvalue weighted by molar-refractivity contribution is 5.52. The number of benzene rings is 1. The molecule has 0 bridgehead atoms. The molecule has 0 aromatic heterocycles. The van der Waals surface area contributed by atoms with Crippen LogP contribution in [0.3, 0.4) is 0 Å². The molecular weight excluding hydrogens is 220 g/mol. The fraction of sp³-hybridized carbons (Fsp3) is 0.625. The molecule has 1 heterocycles. The SMILES string of the molecule is CCCC1CN(c2cc(C)cc(C)c2)C(C)CN1. The number of anilines is 1. The van der Waals surface area contributed by atoms with Crippen molar-refractivity contribution in [3.63, 3.8) is 0 Å². The third kappa shape index (κ3) is 3.05. The molecule has 1 saturated heterocycles. The predicted molar refractivity (Wildman–Crippen MR) is 79.4 cm³/mol. The molecule has 1 fully saturated rings. The van der Waals surface area contributed by atoms with Gasteiger partial charge in [0.2, 0.25) is 0 Å². The van der Waals surface area contributed by atoms with Gasteiger partial charge in [-0.2, -0.15) is 0 Å². The van der Waals surface area contributed by atoms with Crippen molar-refractivity contribution < 1.29 is 0 Å². The highest BCUT2D eigenvalue weighted by Crippen LogP contribution is 2.23. The van der Waals surface area contributed by atoms with Crippen molar-refractivity contribution >= 4 is 5.69 Å². The monoisotopic (exact) mass is 246 g/mol. The predicted octanol–water partition coefficient (Wildman–Crippen LogP) is 3.27. The third-order valence-corrected chi connectivity index (χ3v) is 3.83. The summed E-state index contributed by atoms with van der Waals surface area (Å²) in [6.07, 6.45) is 2.53. The Morgan fingerprint density at radius 3 is 2.50 bits per heavy atom. The van der Waals surface area contributed by atoms with Gasteiger partial charge in [-0.05, 0) is 50.5 Å². The molecule has 1 N–H and O–H groups in total. The van der Waals surface area contributed by atoms with Gasteiger partial charge in [0.15, 0.2) is 0 Å². The van der Waals surface area contributed by atoms with Gasteiger partial charge in [-0.1, -0.05) is 19.4 Å². The summed E-state index contributed by atoms with van der Waals surface area (Å²) in [5.41, 5.74) is 4.12. The van der Waals surface area contributed by atoms with Crippen LogP contribution in [0.1, 0.15) is 37.8 Å². The van der Waals surface area contributed by atoms with Gasteiger partial charge in [-0.25, -0.2) is 0 Å². The largest absolute Gasteiger partial charge is 0.366 e. The average molecular weight is 246 g/mol. The van der Waals surface area contributed by atoms with Crippen molar-refractivity contribution in [2.24, 2.45) is 0 Å². The summed E-state index contributed by atoms with van der Waals surface area (Å²) in [5, 5.41) is 3.66. The standard InChI is InChI=1S/C16H26N2/c1-5-6-15-11-18(14(4)10-17-15)16-8-12(2)7-13(3)9-16/h7-9,14-15,17H,5-6,10-11H2,1-4H3. The third-order valence-electron chi connectivity index (χ3n) is 3.83. The first-order valence-electron chi connectivity index (χ1n) is 7.18. The van der Waals surface area contributed by atoms with Gasteiger partial charge < -0.3 is 10.2 Å². The molecule has 2 atom stereocenters. The Balaban J connectivity index is 2.18. The molecule has 2 nitrogen and oxygen atoms in total. The lowest BCUT2D eigenvalue weighted by molar-refractivity contribution is 0.386. The van der Waals surface area contributed by atoms with Crippen LogP contribution >= 0.6 is 0 Å². The van der Waals surface area contributed by atoms with E-state index in [2.05, 4.69) is 56.1 Å². The molecule has 0 saturated carbocycles. The Labute approximate surface area is 111 Å². The van der Waals surface area contributed by atoms with Crippen molar-refractivity contribution in [1.82, 2.24) is 5.32 Å². The summed E-state index contributed by atoms with van der Waals surface area (Å²) in [6, 6.07) is 8.11. The fourth-order valence-corrected chi connectivity index (χ4v) is 2.95. The van der Waals surface area contributed by atoms with Crippen molar-refractivity contribution in [2.75, 3.05) is 18.0 Å². The van der Waals surface area contributed by atoms with E-state index in [9.17, 15) is 0 Å². The minimum atomic E-state index is 0.583.